The Labute approximate surface area is 155 Å². The number of rotatable bonds is 10. The molecule has 0 saturated heterocycles. The monoisotopic (exact) mass is 375 g/mol. The van der Waals surface area contributed by atoms with Crippen LogP contribution in [0.3, 0.4) is 0 Å². The Kier molecular flexibility index (Phi) is 8.46. The number of nitrogens with one attached hydrogen (secondary N) is 1. The summed E-state index contributed by atoms with van der Waals surface area (Å²) in [6.45, 7) is 9.65. The lowest BCUT2D eigenvalue weighted by molar-refractivity contribution is -0.437. The SMILES string of the molecule is CCOC1(OCC)CCCC(NC(C)=O)(C(=O)OC)C1(OCC)OCC. The Hall–Kier alpha value is -1.22. The molecule has 0 heterocycles. The van der Waals surface area contributed by atoms with Gasteiger partial charge in [-0.1, -0.05) is 0 Å². The lowest BCUT2D eigenvalue weighted by Crippen LogP contribution is -2.81. The number of carbonyl (C=O) groups excluding carboxylic acids is 2. The summed E-state index contributed by atoms with van der Waals surface area (Å²) in [4.78, 5) is 25.0. The number of esters is 1. The first-order valence-corrected chi connectivity index (χ1v) is 9.28. The first-order valence-electron chi connectivity index (χ1n) is 9.28. The molecule has 0 spiro atoms. The molecule has 1 saturated carbocycles. The molecule has 0 radical (unpaired) electrons. The predicted molar refractivity (Wildman–Crippen MR) is 94.4 cm³/mol. The molecule has 0 bridgehead atoms. The number of methoxy groups -OCH3 is 1. The third-order valence-corrected chi connectivity index (χ3v) is 4.49. The van der Waals surface area contributed by atoms with E-state index in [4.69, 9.17) is 23.7 Å². The summed E-state index contributed by atoms with van der Waals surface area (Å²) in [7, 11) is 1.27. The van der Waals surface area contributed by atoms with Gasteiger partial charge in [-0.25, -0.2) is 4.79 Å². The van der Waals surface area contributed by atoms with Gasteiger partial charge in [0.2, 0.25) is 11.7 Å². The highest BCUT2D eigenvalue weighted by atomic mass is 16.8. The number of carbonyl (C=O) groups is 2. The Morgan fingerprint density at radius 3 is 1.77 bits per heavy atom. The summed E-state index contributed by atoms with van der Waals surface area (Å²) >= 11 is 0. The summed E-state index contributed by atoms with van der Waals surface area (Å²) < 4.78 is 29.3. The lowest BCUT2D eigenvalue weighted by atomic mass is 9.71. The minimum atomic E-state index is -1.69. The van der Waals surface area contributed by atoms with E-state index < -0.39 is 29.0 Å². The average molecular weight is 375 g/mol. The van der Waals surface area contributed by atoms with E-state index in [2.05, 4.69) is 5.32 Å². The van der Waals surface area contributed by atoms with Gasteiger partial charge in [-0.2, -0.15) is 0 Å². The quantitative estimate of drug-likeness (QED) is 0.459. The van der Waals surface area contributed by atoms with E-state index in [0.29, 0.717) is 26.1 Å². The molecule has 8 nitrogen and oxygen atoms in total. The molecule has 1 amide bonds. The van der Waals surface area contributed by atoms with Crippen molar-refractivity contribution in [2.24, 2.45) is 0 Å². The lowest BCUT2D eigenvalue weighted by Gasteiger charge is -2.58. The number of hydrogen-bond acceptors (Lipinski definition) is 7. The van der Waals surface area contributed by atoms with E-state index >= 15 is 0 Å². The second kappa shape index (κ2) is 9.64. The highest BCUT2D eigenvalue weighted by molar-refractivity contribution is 5.89. The zero-order valence-electron chi connectivity index (χ0n) is 16.8. The van der Waals surface area contributed by atoms with Gasteiger partial charge in [0.05, 0.1) is 7.11 Å². The van der Waals surface area contributed by atoms with Crippen LogP contribution in [0.1, 0.15) is 53.9 Å². The van der Waals surface area contributed by atoms with Crippen molar-refractivity contribution in [1.82, 2.24) is 5.32 Å². The van der Waals surface area contributed by atoms with Gasteiger partial charge in [-0.3, -0.25) is 4.79 Å². The van der Waals surface area contributed by atoms with Crippen LogP contribution in [0.2, 0.25) is 0 Å². The summed E-state index contributed by atoms with van der Waals surface area (Å²) in [5, 5.41) is 2.75. The Balaban J connectivity index is 3.76. The van der Waals surface area contributed by atoms with Gasteiger partial charge < -0.3 is 29.0 Å². The topological polar surface area (TPSA) is 92.3 Å². The maximum Gasteiger partial charge on any atom is 0.337 e. The van der Waals surface area contributed by atoms with Gasteiger partial charge in [0, 0.05) is 39.8 Å². The normalized spacial score (nSPS) is 24.1. The molecule has 1 rings (SSSR count). The molecule has 0 aromatic heterocycles. The van der Waals surface area contributed by atoms with Crippen LogP contribution in [0.25, 0.3) is 0 Å². The van der Waals surface area contributed by atoms with Crippen molar-refractivity contribution < 1.29 is 33.3 Å². The first-order chi connectivity index (χ1) is 12.3. The Bertz CT molecular complexity index is 465. The average Bonchev–Trinajstić information content (AvgIpc) is 2.58. The van der Waals surface area contributed by atoms with Crippen LogP contribution in [0.4, 0.5) is 0 Å². The fourth-order valence-corrected chi connectivity index (χ4v) is 3.90. The van der Waals surface area contributed by atoms with E-state index in [1.54, 1.807) is 13.8 Å². The number of hydrogen-bond donors (Lipinski definition) is 1. The van der Waals surface area contributed by atoms with E-state index in [0.717, 1.165) is 0 Å². The van der Waals surface area contributed by atoms with Crippen molar-refractivity contribution in [2.75, 3.05) is 33.5 Å². The molecule has 1 unspecified atom stereocenters. The molecule has 1 N–H and O–H groups in total. The molecule has 1 aliphatic carbocycles. The molecular formula is C18H33NO7. The molecule has 8 heteroatoms. The number of amides is 1. The molecule has 1 atom stereocenters. The van der Waals surface area contributed by atoms with Crippen LogP contribution in [0, 0.1) is 0 Å². The van der Waals surface area contributed by atoms with Crippen LogP contribution in [0.15, 0.2) is 0 Å². The highest BCUT2D eigenvalue weighted by Gasteiger charge is 2.74. The molecule has 0 aliphatic heterocycles. The standard InChI is InChI=1S/C18H33NO7/c1-7-23-17(24-8-2)13-11-12-16(15(21)22-6,19-14(5)20)18(17,25-9-3)26-10-4/h7-13H2,1-6H3,(H,19,20). The van der Waals surface area contributed by atoms with Crippen molar-refractivity contribution >= 4 is 11.9 Å². The van der Waals surface area contributed by atoms with Crippen molar-refractivity contribution in [1.29, 1.82) is 0 Å². The summed E-state index contributed by atoms with van der Waals surface area (Å²) in [5.74, 6) is -4.11. The number of ether oxygens (including phenoxy) is 5. The fourth-order valence-electron chi connectivity index (χ4n) is 3.90. The minimum Gasteiger partial charge on any atom is -0.467 e. The van der Waals surface area contributed by atoms with E-state index in [1.165, 1.54) is 14.0 Å². The second-order valence-electron chi connectivity index (χ2n) is 6.03. The first kappa shape index (κ1) is 22.8. The summed E-state index contributed by atoms with van der Waals surface area (Å²) in [6.07, 6.45) is 1.28. The Morgan fingerprint density at radius 2 is 1.38 bits per heavy atom. The summed E-state index contributed by atoms with van der Waals surface area (Å²) in [5.41, 5.74) is -1.60. The van der Waals surface area contributed by atoms with Crippen LogP contribution >= 0.6 is 0 Å². The van der Waals surface area contributed by atoms with Crippen LogP contribution in [0.5, 0.6) is 0 Å². The third-order valence-electron chi connectivity index (χ3n) is 4.49. The fraction of sp³-hybridized carbons (Fsp3) is 0.889. The van der Waals surface area contributed by atoms with Crippen LogP contribution in [-0.4, -0.2) is 62.5 Å². The van der Waals surface area contributed by atoms with Gasteiger partial charge in [-0.15, -0.1) is 0 Å². The zero-order chi connectivity index (χ0) is 19.8. The van der Waals surface area contributed by atoms with Gasteiger partial charge in [0.1, 0.15) is 0 Å². The van der Waals surface area contributed by atoms with Crippen molar-refractivity contribution in [3.63, 3.8) is 0 Å². The maximum absolute atomic E-state index is 13.0. The van der Waals surface area contributed by atoms with Crippen molar-refractivity contribution in [3.05, 3.63) is 0 Å². The molecule has 152 valence electrons. The molecule has 26 heavy (non-hydrogen) atoms. The minimum absolute atomic E-state index is 0.222. The predicted octanol–water partition coefficient (Wildman–Crippen LogP) is 1.76. The van der Waals surface area contributed by atoms with Gasteiger partial charge in [-0.05, 0) is 40.5 Å². The van der Waals surface area contributed by atoms with Crippen LogP contribution in [-0.2, 0) is 33.3 Å². The molecule has 0 aromatic rings. The zero-order valence-corrected chi connectivity index (χ0v) is 16.8. The molecule has 1 aliphatic rings. The third kappa shape index (κ3) is 3.74. The maximum atomic E-state index is 13.0. The summed E-state index contributed by atoms with van der Waals surface area (Å²) in [6, 6.07) is 0. The molecule has 1 fully saturated rings. The largest absolute Gasteiger partial charge is 0.467 e. The van der Waals surface area contributed by atoms with Crippen LogP contribution < -0.4 is 5.32 Å². The van der Waals surface area contributed by atoms with Gasteiger partial charge in [0.15, 0.2) is 5.54 Å². The van der Waals surface area contributed by atoms with Crippen molar-refractivity contribution in [2.45, 2.75) is 71.0 Å². The smallest absolute Gasteiger partial charge is 0.337 e. The Morgan fingerprint density at radius 1 is 0.885 bits per heavy atom. The van der Waals surface area contributed by atoms with Gasteiger partial charge in [0.25, 0.3) is 5.79 Å². The van der Waals surface area contributed by atoms with Gasteiger partial charge >= 0.3 is 5.97 Å². The van der Waals surface area contributed by atoms with Crippen molar-refractivity contribution in [3.8, 4) is 0 Å². The molecular weight excluding hydrogens is 342 g/mol. The van der Waals surface area contributed by atoms with E-state index in [-0.39, 0.29) is 19.6 Å². The van der Waals surface area contributed by atoms with E-state index in [1.807, 2.05) is 13.8 Å². The molecule has 0 aromatic carbocycles. The second-order valence-corrected chi connectivity index (χ2v) is 6.03. The van der Waals surface area contributed by atoms with E-state index in [9.17, 15) is 9.59 Å². The highest BCUT2D eigenvalue weighted by Crippen LogP contribution is 2.51.